The van der Waals surface area contributed by atoms with E-state index in [0.29, 0.717) is 0 Å². The van der Waals surface area contributed by atoms with Gasteiger partial charge in [-0.25, -0.2) is 0 Å². The molecule has 9 rings (SSSR count). The number of rotatable bonds is 8. The topological polar surface area (TPSA) is 0 Å². The van der Waals surface area contributed by atoms with E-state index in [4.69, 9.17) is 0 Å². The quantitative estimate of drug-likeness (QED) is 0.142. The molecule has 0 radical (unpaired) electrons. The van der Waals surface area contributed by atoms with Crippen molar-refractivity contribution in [3.05, 3.63) is 279 Å². The molecule has 0 heterocycles. The second-order valence-electron chi connectivity index (χ2n) is 23.1. The Morgan fingerprint density at radius 3 is 0.347 bits per heavy atom. The molecule has 0 amide bonds. The predicted octanol–water partition coefficient (Wildman–Crippen LogP) is 19.2. The summed E-state index contributed by atoms with van der Waals surface area (Å²) in [7, 11) is 0. The van der Waals surface area contributed by atoms with Gasteiger partial charge in [0.15, 0.2) is 0 Å². The van der Waals surface area contributed by atoms with Gasteiger partial charge in [-0.1, -0.05) is 190 Å². The Bertz CT molecular complexity index is 2640. The summed E-state index contributed by atoms with van der Waals surface area (Å²) in [6.45, 7) is 37.9. The summed E-state index contributed by atoms with van der Waals surface area (Å²) >= 11 is 0. The maximum atomic E-state index is 2.61. The van der Waals surface area contributed by atoms with Crippen molar-refractivity contribution in [3.8, 4) is 0 Å². The Balaban J connectivity index is 1.67. The minimum atomic E-state index is 0.0421. The molecule has 0 heteroatoms. The van der Waals surface area contributed by atoms with Crippen molar-refractivity contribution in [2.45, 2.75) is 158 Å². The zero-order valence-corrected chi connectivity index (χ0v) is 46.5. The van der Waals surface area contributed by atoms with Gasteiger partial charge in [0.2, 0.25) is 0 Å². The molecular weight excluding hydrogens is 865 g/mol. The van der Waals surface area contributed by atoms with Gasteiger partial charge in [-0.3, -0.25) is 0 Å². The molecule has 0 bridgehead atoms. The van der Waals surface area contributed by atoms with E-state index in [1.54, 1.807) is 0 Å². The first-order valence-corrected chi connectivity index (χ1v) is 26.9. The molecule has 0 aromatic heterocycles. The Kier molecular flexibility index (Phi) is 14.3. The molecule has 8 aromatic rings. The molecular formula is C72H80. The highest BCUT2D eigenvalue weighted by molar-refractivity contribution is 5.57. The lowest BCUT2D eigenvalue weighted by Crippen LogP contribution is -2.41. The van der Waals surface area contributed by atoms with Gasteiger partial charge in [-0.05, 0) is 247 Å². The normalized spacial score (nSPS) is 21.3. The summed E-state index contributed by atoms with van der Waals surface area (Å²) in [5.74, 6) is 0.337. The largest absolute Gasteiger partial charge is 0.0590 e. The van der Waals surface area contributed by atoms with Crippen LogP contribution in [0.25, 0.3) is 0 Å². The van der Waals surface area contributed by atoms with Crippen LogP contribution in [0.3, 0.4) is 0 Å². The predicted molar refractivity (Wildman–Crippen MR) is 309 cm³/mol. The van der Waals surface area contributed by atoms with E-state index in [1.165, 1.54) is 134 Å². The van der Waals surface area contributed by atoms with Gasteiger partial charge < -0.3 is 0 Å². The first-order chi connectivity index (χ1) is 34.3. The smallest absolute Gasteiger partial charge is 0.000912 e. The molecule has 0 nitrogen and oxygen atoms in total. The highest BCUT2D eigenvalue weighted by Gasteiger charge is 2.55. The summed E-state index contributed by atoms with van der Waals surface area (Å²) in [5, 5.41) is 0. The van der Waals surface area contributed by atoms with Crippen molar-refractivity contribution in [3.63, 3.8) is 0 Å². The molecule has 1 fully saturated rings. The van der Waals surface area contributed by atoms with Gasteiger partial charge in [0, 0.05) is 0 Å². The highest BCUT2D eigenvalue weighted by Crippen LogP contribution is 2.69. The second-order valence-corrected chi connectivity index (χ2v) is 23.1. The Labute approximate surface area is 435 Å². The van der Waals surface area contributed by atoms with Crippen molar-refractivity contribution in [2.75, 3.05) is 0 Å². The molecule has 0 aliphatic heterocycles. The van der Waals surface area contributed by atoms with Crippen LogP contribution in [0.2, 0.25) is 0 Å². The molecule has 0 atom stereocenters. The highest BCUT2D eigenvalue weighted by atomic mass is 14.6. The van der Waals surface area contributed by atoms with Crippen LogP contribution < -0.4 is 0 Å². The van der Waals surface area contributed by atoms with Crippen LogP contribution in [0.5, 0.6) is 0 Å². The van der Waals surface area contributed by atoms with Crippen LogP contribution in [0.15, 0.2) is 146 Å². The van der Waals surface area contributed by atoms with Gasteiger partial charge in [0.25, 0.3) is 0 Å². The fourth-order valence-corrected chi connectivity index (χ4v) is 13.8. The third-order valence-electron chi connectivity index (χ3n) is 17.4. The molecule has 1 aliphatic carbocycles. The van der Waals surface area contributed by atoms with Crippen molar-refractivity contribution >= 4 is 0 Å². The van der Waals surface area contributed by atoms with E-state index in [-0.39, 0.29) is 47.3 Å². The van der Waals surface area contributed by atoms with Gasteiger partial charge in [0.05, 0.1) is 0 Å². The van der Waals surface area contributed by atoms with Gasteiger partial charge >= 0.3 is 0 Å². The molecule has 0 spiro atoms. The van der Waals surface area contributed by atoms with Crippen LogP contribution in [-0.2, 0) is 0 Å². The molecule has 8 aromatic carbocycles. The molecule has 0 unspecified atom stereocenters. The van der Waals surface area contributed by atoms with Gasteiger partial charge in [-0.2, -0.15) is 0 Å². The lowest BCUT2D eigenvalue weighted by molar-refractivity contribution is 0.226. The van der Waals surface area contributed by atoms with E-state index in [0.717, 1.165) is 0 Å². The number of aryl methyl sites for hydroxylation is 16. The molecule has 368 valence electrons. The third kappa shape index (κ3) is 9.60. The summed E-state index contributed by atoms with van der Waals surface area (Å²) < 4.78 is 0. The van der Waals surface area contributed by atoms with E-state index >= 15 is 0 Å². The molecule has 0 saturated heterocycles. The van der Waals surface area contributed by atoms with Crippen LogP contribution >= 0.6 is 0 Å². The maximum absolute atomic E-state index is 2.61. The van der Waals surface area contributed by atoms with Crippen LogP contribution in [0.1, 0.15) is 181 Å². The van der Waals surface area contributed by atoms with Crippen LogP contribution in [0, 0.1) is 111 Å². The monoisotopic (exact) mass is 945 g/mol. The number of hydrogen-bond donors (Lipinski definition) is 0. The second kappa shape index (κ2) is 20.3. The van der Waals surface area contributed by atoms with Crippen molar-refractivity contribution < 1.29 is 0 Å². The first-order valence-electron chi connectivity index (χ1n) is 26.9. The standard InChI is InChI=1S/C72H80/c1-41-17-25-49(9)57(33-41)65-66(58-34-42(2)18-26-50(58)10)68(60-36-44(4)20-28-52(60)12)70(62-38-46(6)22-30-54(62)14)72(64-40-48(8)24-32-56(64)16)71(63-39-47(7)23-31-55(63)15)69(61-37-45(5)21-29-53(61)13)67(65)59-35-43(3)19-27-51(59)11/h17-40,65-72H,1-16H3. The van der Waals surface area contributed by atoms with E-state index in [9.17, 15) is 0 Å². The zero-order chi connectivity index (χ0) is 51.4. The molecule has 72 heavy (non-hydrogen) atoms. The zero-order valence-electron chi connectivity index (χ0n) is 46.5. The van der Waals surface area contributed by atoms with Crippen molar-refractivity contribution in [1.29, 1.82) is 0 Å². The third-order valence-corrected chi connectivity index (χ3v) is 17.4. The lowest BCUT2D eigenvalue weighted by atomic mass is 9.47. The Hall–Kier alpha value is -6.24. The summed E-state index contributed by atoms with van der Waals surface area (Å²) in [6, 6.07) is 59.2. The number of benzene rings is 8. The molecule has 0 N–H and O–H groups in total. The van der Waals surface area contributed by atoms with Crippen LogP contribution in [-0.4, -0.2) is 0 Å². The summed E-state index contributed by atoms with van der Waals surface area (Å²) in [5.41, 5.74) is 33.3. The molecule has 1 aliphatic rings. The van der Waals surface area contributed by atoms with E-state index in [2.05, 4.69) is 256 Å². The Morgan fingerprint density at radius 2 is 0.250 bits per heavy atom. The summed E-state index contributed by atoms with van der Waals surface area (Å²) in [6.07, 6.45) is 0. The average molecular weight is 945 g/mol. The average Bonchev–Trinajstić information content (AvgIpc) is 3.33. The first kappa shape index (κ1) is 50.7. The minimum Gasteiger partial charge on any atom is -0.0590 e. The van der Waals surface area contributed by atoms with Crippen molar-refractivity contribution in [2.24, 2.45) is 0 Å². The van der Waals surface area contributed by atoms with E-state index < -0.39 is 0 Å². The fraction of sp³-hybridized carbons (Fsp3) is 0.333. The van der Waals surface area contributed by atoms with Gasteiger partial charge in [-0.15, -0.1) is 0 Å². The maximum Gasteiger partial charge on any atom is -0.000912 e. The number of hydrogen-bond acceptors (Lipinski definition) is 0. The van der Waals surface area contributed by atoms with Crippen molar-refractivity contribution in [1.82, 2.24) is 0 Å². The van der Waals surface area contributed by atoms with Crippen LogP contribution in [0.4, 0.5) is 0 Å². The molecule has 1 saturated carbocycles. The Morgan fingerprint density at radius 1 is 0.153 bits per heavy atom. The van der Waals surface area contributed by atoms with E-state index in [1.807, 2.05) is 0 Å². The van der Waals surface area contributed by atoms with Gasteiger partial charge in [0.1, 0.15) is 0 Å². The SMILES string of the molecule is Cc1ccc(C)c(C2C(c3cc(C)ccc3C)C(c3cc(C)ccc3C)C(c3cc(C)ccc3C)C(c3cc(C)ccc3C)C(c3cc(C)ccc3C)C(c3cc(C)ccc3C)C2c2cc(C)ccc2C)c1. The fourth-order valence-electron chi connectivity index (χ4n) is 13.8. The lowest BCUT2D eigenvalue weighted by Gasteiger charge is -2.55. The minimum absolute atomic E-state index is 0.0421. The summed E-state index contributed by atoms with van der Waals surface area (Å²) in [4.78, 5) is 0.